The number of hydrogen-bond donors (Lipinski definition) is 2. The van der Waals surface area contributed by atoms with Crippen molar-refractivity contribution in [1.29, 1.82) is 0 Å². The third kappa shape index (κ3) is 3.35. The standard InChI is InChI=1S/C12H21N3O3/c16-11(17)2-1-10-3-6-15(9-10)12(18)14-7-4-13-5-8-14/h10,13H,1-9H2,(H,16,17). The van der Waals surface area contributed by atoms with Gasteiger partial charge in [0.15, 0.2) is 0 Å². The summed E-state index contributed by atoms with van der Waals surface area (Å²) < 4.78 is 0. The zero-order valence-corrected chi connectivity index (χ0v) is 10.6. The number of piperazine rings is 1. The van der Waals surface area contributed by atoms with Crippen LogP contribution in [0, 0.1) is 5.92 Å². The van der Waals surface area contributed by atoms with Crippen molar-refractivity contribution in [2.45, 2.75) is 19.3 Å². The molecule has 0 aliphatic carbocycles. The highest BCUT2D eigenvalue weighted by molar-refractivity contribution is 5.75. The maximum Gasteiger partial charge on any atom is 0.320 e. The van der Waals surface area contributed by atoms with E-state index in [4.69, 9.17) is 5.11 Å². The van der Waals surface area contributed by atoms with E-state index in [9.17, 15) is 9.59 Å². The molecule has 2 N–H and O–H groups in total. The van der Waals surface area contributed by atoms with Crippen molar-refractivity contribution >= 4 is 12.0 Å². The zero-order chi connectivity index (χ0) is 13.0. The molecule has 2 amide bonds. The minimum atomic E-state index is -0.748. The predicted molar refractivity (Wildman–Crippen MR) is 66.4 cm³/mol. The van der Waals surface area contributed by atoms with Crippen LogP contribution in [0.25, 0.3) is 0 Å². The number of nitrogens with one attached hydrogen (secondary N) is 1. The smallest absolute Gasteiger partial charge is 0.320 e. The van der Waals surface area contributed by atoms with Crippen molar-refractivity contribution in [2.24, 2.45) is 5.92 Å². The van der Waals surface area contributed by atoms with Gasteiger partial charge in [0.25, 0.3) is 0 Å². The van der Waals surface area contributed by atoms with Gasteiger partial charge >= 0.3 is 12.0 Å². The van der Waals surface area contributed by atoms with Gasteiger partial charge in [-0.15, -0.1) is 0 Å². The summed E-state index contributed by atoms with van der Waals surface area (Å²) in [6.45, 7) is 4.76. The molecule has 6 nitrogen and oxygen atoms in total. The van der Waals surface area contributed by atoms with Crippen LogP contribution < -0.4 is 5.32 Å². The third-order valence-electron chi connectivity index (χ3n) is 3.71. The number of carbonyl (C=O) groups excluding carboxylic acids is 1. The number of hydrogen-bond acceptors (Lipinski definition) is 3. The van der Waals surface area contributed by atoms with E-state index in [0.717, 1.165) is 45.7 Å². The number of likely N-dealkylation sites (tertiary alicyclic amines) is 1. The Labute approximate surface area is 107 Å². The summed E-state index contributed by atoms with van der Waals surface area (Å²) in [6, 6.07) is 0.120. The van der Waals surface area contributed by atoms with Crippen LogP contribution in [0.1, 0.15) is 19.3 Å². The van der Waals surface area contributed by atoms with Gasteiger partial charge in [-0.2, -0.15) is 0 Å². The molecule has 18 heavy (non-hydrogen) atoms. The monoisotopic (exact) mass is 255 g/mol. The number of aliphatic carboxylic acids is 1. The molecule has 2 aliphatic rings. The third-order valence-corrected chi connectivity index (χ3v) is 3.71. The fourth-order valence-corrected chi connectivity index (χ4v) is 2.63. The first-order valence-electron chi connectivity index (χ1n) is 6.63. The summed E-state index contributed by atoms with van der Waals surface area (Å²) in [4.78, 5) is 26.5. The number of amides is 2. The second-order valence-corrected chi connectivity index (χ2v) is 5.05. The fraction of sp³-hybridized carbons (Fsp3) is 0.833. The first kappa shape index (κ1) is 13.1. The van der Waals surface area contributed by atoms with Crippen molar-refractivity contribution in [2.75, 3.05) is 39.3 Å². The topological polar surface area (TPSA) is 72.9 Å². The molecule has 2 heterocycles. The normalized spacial score (nSPS) is 24.3. The highest BCUT2D eigenvalue weighted by Crippen LogP contribution is 2.22. The van der Waals surface area contributed by atoms with Gasteiger partial charge in [0, 0.05) is 45.7 Å². The van der Waals surface area contributed by atoms with E-state index < -0.39 is 5.97 Å². The van der Waals surface area contributed by atoms with Crippen LogP contribution in [0.5, 0.6) is 0 Å². The summed E-state index contributed by atoms with van der Waals surface area (Å²) in [5.74, 6) is -0.394. The van der Waals surface area contributed by atoms with Crippen LogP contribution in [0.4, 0.5) is 4.79 Å². The van der Waals surface area contributed by atoms with Crippen molar-refractivity contribution in [3.63, 3.8) is 0 Å². The highest BCUT2D eigenvalue weighted by atomic mass is 16.4. The Hall–Kier alpha value is -1.30. The molecule has 0 spiro atoms. The molecule has 102 valence electrons. The average molecular weight is 255 g/mol. The number of nitrogens with zero attached hydrogens (tertiary/aromatic N) is 2. The molecule has 0 aromatic carbocycles. The quantitative estimate of drug-likeness (QED) is 0.755. The van der Waals surface area contributed by atoms with E-state index in [-0.39, 0.29) is 12.5 Å². The van der Waals surface area contributed by atoms with Gasteiger partial charge in [-0.1, -0.05) is 0 Å². The van der Waals surface area contributed by atoms with Gasteiger partial charge in [0.1, 0.15) is 0 Å². The second kappa shape index (κ2) is 6.04. The lowest BCUT2D eigenvalue weighted by molar-refractivity contribution is -0.137. The molecule has 2 rings (SSSR count). The van der Waals surface area contributed by atoms with E-state index in [1.165, 1.54) is 0 Å². The number of carbonyl (C=O) groups is 2. The maximum absolute atomic E-state index is 12.2. The van der Waals surface area contributed by atoms with Gasteiger partial charge in [-0.05, 0) is 18.8 Å². The molecule has 0 bridgehead atoms. The van der Waals surface area contributed by atoms with Crippen LogP contribution in [0.2, 0.25) is 0 Å². The molecule has 2 saturated heterocycles. The lowest BCUT2D eigenvalue weighted by Gasteiger charge is -2.31. The molecular formula is C12H21N3O3. The van der Waals surface area contributed by atoms with Crippen molar-refractivity contribution in [1.82, 2.24) is 15.1 Å². The van der Waals surface area contributed by atoms with Gasteiger partial charge in [0.05, 0.1) is 0 Å². The van der Waals surface area contributed by atoms with Gasteiger partial charge < -0.3 is 20.2 Å². The van der Waals surface area contributed by atoms with E-state index in [1.807, 2.05) is 9.80 Å². The Morgan fingerprint density at radius 3 is 2.56 bits per heavy atom. The first-order chi connectivity index (χ1) is 8.66. The number of rotatable bonds is 3. The Bertz CT molecular complexity index is 316. The van der Waals surface area contributed by atoms with Crippen molar-refractivity contribution < 1.29 is 14.7 Å². The van der Waals surface area contributed by atoms with Crippen molar-refractivity contribution in [3.05, 3.63) is 0 Å². The zero-order valence-electron chi connectivity index (χ0n) is 10.6. The molecule has 0 radical (unpaired) electrons. The molecule has 0 saturated carbocycles. The summed E-state index contributed by atoms with van der Waals surface area (Å²) in [6.07, 6.45) is 1.83. The second-order valence-electron chi connectivity index (χ2n) is 5.05. The average Bonchev–Trinajstić information content (AvgIpc) is 2.85. The minimum absolute atomic E-state index is 0.120. The molecule has 1 unspecified atom stereocenters. The van der Waals surface area contributed by atoms with E-state index in [1.54, 1.807) is 0 Å². The summed E-state index contributed by atoms with van der Waals surface area (Å²) in [5.41, 5.74) is 0. The summed E-state index contributed by atoms with van der Waals surface area (Å²) in [7, 11) is 0. The molecule has 0 aromatic rings. The highest BCUT2D eigenvalue weighted by Gasteiger charge is 2.29. The Kier molecular flexibility index (Phi) is 4.41. The lowest BCUT2D eigenvalue weighted by atomic mass is 10.0. The molecule has 2 fully saturated rings. The predicted octanol–water partition coefficient (Wildman–Crippen LogP) is 0.198. The van der Waals surface area contributed by atoms with Crippen LogP contribution in [-0.2, 0) is 4.79 Å². The van der Waals surface area contributed by atoms with E-state index in [0.29, 0.717) is 12.3 Å². The summed E-state index contributed by atoms with van der Waals surface area (Å²) >= 11 is 0. The van der Waals surface area contributed by atoms with Crippen molar-refractivity contribution in [3.8, 4) is 0 Å². The fourth-order valence-electron chi connectivity index (χ4n) is 2.63. The first-order valence-corrected chi connectivity index (χ1v) is 6.63. The Morgan fingerprint density at radius 2 is 1.89 bits per heavy atom. The van der Waals surface area contributed by atoms with Gasteiger partial charge in [-0.25, -0.2) is 4.79 Å². The Balaban J connectivity index is 1.77. The lowest BCUT2D eigenvalue weighted by Crippen LogP contribution is -2.51. The molecule has 2 aliphatic heterocycles. The van der Waals surface area contributed by atoms with Crippen LogP contribution >= 0.6 is 0 Å². The van der Waals surface area contributed by atoms with Gasteiger partial charge in [-0.3, -0.25) is 4.79 Å². The van der Waals surface area contributed by atoms with E-state index in [2.05, 4.69) is 5.32 Å². The number of urea groups is 1. The SMILES string of the molecule is O=C(O)CCC1CCN(C(=O)N2CCNCC2)C1. The molecule has 6 heteroatoms. The largest absolute Gasteiger partial charge is 0.481 e. The number of carboxylic acid groups (broad SMARTS) is 1. The summed E-state index contributed by atoms with van der Waals surface area (Å²) in [5, 5.41) is 11.9. The maximum atomic E-state index is 12.2. The molecule has 0 aromatic heterocycles. The van der Waals surface area contributed by atoms with Crippen LogP contribution in [0.3, 0.4) is 0 Å². The van der Waals surface area contributed by atoms with E-state index >= 15 is 0 Å². The molecule has 1 atom stereocenters. The number of carboxylic acids is 1. The van der Waals surface area contributed by atoms with Crippen LogP contribution in [-0.4, -0.2) is 66.2 Å². The van der Waals surface area contributed by atoms with Gasteiger partial charge in [0.2, 0.25) is 0 Å². The minimum Gasteiger partial charge on any atom is -0.481 e. The van der Waals surface area contributed by atoms with Crippen LogP contribution in [0.15, 0.2) is 0 Å². The molecular weight excluding hydrogens is 234 g/mol. The Morgan fingerprint density at radius 1 is 1.17 bits per heavy atom.